The molecule has 198 valence electrons. The van der Waals surface area contributed by atoms with Crippen LogP contribution in [0.2, 0.25) is 0 Å². The van der Waals surface area contributed by atoms with Crippen molar-refractivity contribution in [2.45, 2.75) is 37.9 Å². The Morgan fingerprint density at radius 1 is 1.05 bits per heavy atom. The summed E-state index contributed by atoms with van der Waals surface area (Å²) in [5.41, 5.74) is -2.44. The van der Waals surface area contributed by atoms with E-state index in [1.165, 1.54) is 25.1 Å². The molecule has 0 fully saturated rings. The van der Waals surface area contributed by atoms with E-state index in [-0.39, 0.29) is 17.9 Å². The van der Waals surface area contributed by atoms with Gasteiger partial charge in [0.05, 0.1) is 31.4 Å². The average molecular weight is 533 g/mol. The van der Waals surface area contributed by atoms with Crippen LogP contribution in [-0.4, -0.2) is 34.5 Å². The fraction of sp³-hybridized carbons (Fsp3) is 0.348. The van der Waals surface area contributed by atoms with Gasteiger partial charge in [-0.1, -0.05) is 12.1 Å². The highest BCUT2D eigenvalue weighted by Crippen LogP contribution is 2.46. The molecule has 0 saturated heterocycles. The molecule has 3 aromatic rings. The first-order valence-electron chi connectivity index (χ1n) is 10.7. The maximum absolute atomic E-state index is 15.3. The third kappa shape index (κ3) is 4.97. The number of ether oxygens (including phenoxy) is 3. The minimum atomic E-state index is -5.08. The number of rotatable bonds is 5. The van der Waals surface area contributed by atoms with Crippen molar-refractivity contribution in [3.8, 4) is 11.4 Å². The molecular formula is C23H18F7N3O4. The Kier molecular flexibility index (Phi) is 6.88. The van der Waals surface area contributed by atoms with Gasteiger partial charge in [-0.3, -0.25) is 9.36 Å². The summed E-state index contributed by atoms with van der Waals surface area (Å²) in [6.45, 7) is 1.44. The lowest BCUT2D eigenvalue weighted by Crippen LogP contribution is -2.18. The third-order valence-corrected chi connectivity index (χ3v) is 5.56. The Balaban J connectivity index is 2.03. The lowest BCUT2D eigenvalue weighted by atomic mass is 9.96. The Labute approximate surface area is 204 Å². The zero-order valence-corrected chi connectivity index (χ0v) is 19.2. The topological polar surface area (TPSA) is 75.5 Å². The van der Waals surface area contributed by atoms with Gasteiger partial charge < -0.3 is 14.2 Å². The Morgan fingerprint density at radius 2 is 1.78 bits per heavy atom. The van der Waals surface area contributed by atoms with Crippen LogP contribution in [0.1, 0.15) is 53.9 Å². The highest BCUT2D eigenvalue weighted by atomic mass is 19.4. The molecule has 0 radical (unpaired) electrons. The summed E-state index contributed by atoms with van der Waals surface area (Å²) >= 11 is 0. The van der Waals surface area contributed by atoms with Gasteiger partial charge in [-0.25, -0.2) is 4.39 Å². The zero-order valence-electron chi connectivity index (χ0n) is 19.2. The number of esters is 1. The molecule has 2 atom stereocenters. The number of alkyl halides is 6. The summed E-state index contributed by atoms with van der Waals surface area (Å²) in [4.78, 5) is 12.3. The molecule has 0 unspecified atom stereocenters. The molecule has 37 heavy (non-hydrogen) atoms. The standard InChI is InChI=1S/C23H18F7N3O4/c1-3-36-17(34)10-16-20-31-32-21(23(28,29)30)33(20)14-8-7-11(22(25,26)27)9-13(14)19(37-16)12-5-4-6-15(35-2)18(12)24/h4-9,16,19H,3,10H2,1-2H3/t16-,19-/m1/s1. The van der Waals surface area contributed by atoms with Crippen molar-refractivity contribution in [1.29, 1.82) is 0 Å². The maximum Gasteiger partial charge on any atom is 0.452 e. The van der Waals surface area contributed by atoms with Crippen LogP contribution < -0.4 is 4.74 Å². The van der Waals surface area contributed by atoms with E-state index in [1.807, 2.05) is 0 Å². The third-order valence-electron chi connectivity index (χ3n) is 5.56. The highest BCUT2D eigenvalue weighted by molar-refractivity contribution is 5.70. The number of methoxy groups -OCH3 is 1. The van der Waals surface area contributed by atoms with Crippen LogP contribution in [0.4, 0.5) is 30.7 Å². The first-order chi connectivity index (χ1) is 17.4. The van der Waals surface area contributed by atoms with E-state index in [0.717, 1.165) is 13.2 Å². The zero-order chi connectivity index (χ0) is 27.1. The number of carbonyl (C=O) groups excluding carboxylic acids is 1. The van der Waals surface area contributed by atoms with Gasteiger partial charge in [0.25, 0.3) is 0 Å². The molecule has 7 nitrogen and oxygen atoms in total. The van der Waals surface area contributed by atoms with Gasteiger partial charge in [0.15, 0.2) is 17.4 Å². The van der Waals surface area contributed by atoms with Crippen molar-refractivity contribution in [3.63, 3.8) is 0 Å². The SMILES string of the molecule is CCOC(=O)C[C@H]1O[C@H](c2cccc(OC)c2F)c2cc(C(F)(F)F)ccc2-n2c1nnc2C(F)(F)F. The molecule has 4 rings (SSSR count). The highest BCUT2D eigenvalue weighted by Gasteiger charge is 2.44. The second-order valence-electron chi connectivity index (χ2n) is 7.86. The number of halogens is 7. The largest absolute Gasteiger partial charge is 0.494 e. The average Bonchev–Trinajstić information content (AvgIpc) is 3.22. The lowest BCUT2D eigenvalue weighted by molar-refractivity contribution is -0.147. The van der Waals surface area contributed by atoms with Gasteiger partial charge in [0.2, 0.25) is 5.82 Å². The van der Waals surface area contributed by atoms with Crippen molar-refractivity contribution >= 4 is 5.97 Å². The van der Waals surface area contributed by atoms with Crippen LogP contribution in [0.15, 0.2) is 36.4 Å². The fourth-order valence-corrected chi connectivity index (χ4v) is 4.01. The molecule has 14 heteroatoms. The molecule has 0 N–H and O–H groups in total. The van der Waals surface area contributed by atoms with E-state index < -0.39 is 71.2 Å². The molecular weight excluding hydrogens is 515 g/mol. The summed E-state index contributed by atoms with van der Waals surface area (Å²) in [6.07, 6.45) is -13.9. The second-order valence-corrected chi connectivity index (χ2v) is 7.86. The fourth-order valence-electron chi connectivity index (χ4n) is 4.01. The predicted octanol–water partition coefficient (Wildman–Crippen LogP) is 5.57. The predicted molar refractivity (Wildman–Crippen MR) is 111 cm³/mol. The van der Waals surface area contributed by atoms with Crippen LogP contribution in [0.25, 0.3) is 5.69 Å². The maximum atomic E-state index is 15.3. The van der Waals surface area contributed by atoms with E-state index in [0.29, 0.717) is 16.7 Å². The minimum absolute atomic E-state index is 0.0604. The number of aromatic nitrogens is 3. The molecule has 2 aromatic carbocycles. The lowest BCUT2D eigenvalue weighted by Gasteiger charge is -2.24. The molecule has 0 spiro atoms. The molecule has 0 bridgehead atoms. The number of fused-ring (bicyclic) bond motifs is 3. The Bertz CT molecular complexity index is 1320. The molecule has 0 amide bonds. The molecule has 2 heterocycles. The van der Waals surface area contributed by atoms with E-state index in [2.05, 4.69) is 10.2 Å². The summed E-state index contributed by atoms with van der Waals surface area (Å²) in [5, 5.41) is 6.72. The van der Waals surface area contributed by atoms with Crippen LogP contribution in [0, 0.1) is 5.82 Å². The minimum Gasteiger partial charge on any atom is -0.494 e. The van der Waals surface area contributed by atoms with Crippen molar-refractivity contribution in [1.82, 2.24) is 14.8 Å². The molecule has 1 aliphatic rings. The number of hydrogen-bond donors (Lipinski definition) is 0. The first-order valence-corrected chi connectivity index (χ1v) is 10.7. The smallest absolute Gasteiger partial charge is 0.452 e. The number of carbonyl (C=O) groups is 1. The van der Waals surface area contributed by atoms with Crippen molar-refractivity contribution < 1.29 is 49.7 Å². The first kappa shape index (κ1) is 26.4. The van der Waals surface area contributed by atoms with Gasteiger partial charge in [-0.2, -0.15) is 26.3 Å². The normalized spacial score (nSPS) is 17.5. The number of benzene rings is 2. The van der Waals surface area contributed by atoms with Gasteiger partial charge in [0.1, 0.15) is 12.2 Å². The van der Waals surface area contributed by atoms with E-state index >= 15 is 4.39 Å². The van der Waals surface area contributed by atoms with Crippen molar-refractivity contribution in [2.24, 2.45) is 0 Å². The quantitative estimate of drug-likeness (QED) is 0.316. The summed E-state index contributed by atoms with van der Waals surface area (Å²) in [6, 6.07) is 5.70. The monoisotopic (exact) mass is 533 g/mol. The van der Waals surface area contributed by atoms with Crippen LogP contribution >= 0.6 is 0 Å². The van der Waals surface area contributed by atoms with Gasteiger partial charge in [-0.15, -0.1) is 10.2 Å². The van der Waals surface area contributed by atoms with Gasteiger partial charge >= 0.3 is 18.3 Å². The molecule has 0 saturated carbocycles. The van der Waals surface area contributed by atoms with E-state index in [4.69, 9.17) is 14.2 Å². The molecule has 0 aliphatic carbocycles. The van der Waals surface area contributed by atoms with Crippen LogP contribution in [0.5, 0.6) is 5.75 Å². The summed E-state index contributed by atoms with van der Waals surface area (Å²) in [5.74, 6) is -4.26. The van der Waals surface area contributed by atoms with E-state index in [1.54, 1.807) is 0 Å². The second kappa shape index (κ2) is 9.65. The summed E-state index contributed by atoms with van der Waals surface area (Å²) in [7, 11) is 1.16. The van der Waals surface area contributed by atoms with Gasteiger partial charge in [-0.05, 0) is 31.2 Å². The van der Waals surface area contributed by atoms with E-state index in [9.17, 15) is 31.1 Å². The van der Waals surface area contributed by atoms with Crippen molar-refractivity contribution in [2.75, 3.05) is 13.7 Å². The number of nitrogens with zero attached hydrogens (tertiary/aromatic N) is 3. The Hall–Kier alpha value is -3.68. The summed E-state index contributed by atoms with van der Waals surface area (Å²) < 4.78 is 114. The molecule has 1 aromatic heterocycles. The number of hydrogen-bond acceptors (Lipinski definition) is 6. The van der Waals surface area contributed by atoms with Gasteiger partial charge in [0, 0.05) is 11.1 Å². The Morgan fingerprint density at radius 3 is 2.41 bits per heavy atom. The van der Waals surface area contributed by atoms with Crippen molar-refractivity contribution in [3.05, 3.63) is 70.6 Å². The van der Waals surface area contributed by atoms with Crippen LogP contribution in [-0.2, 0) is 26.6 Å². The molecule has 1 aliphatic heterocycles. The van der Waals surface area contributed by atoms with Crippen LogP contribution in [0.3, 0.4) is 0 Å².